The number of aliphatic hydroxyl groups excluding tert-OH is 3. The molecule has 0 aromatic heterocycles. The summed E-state index contributed by atoms with van der Waals surface area (Å²) in [4.78, 5) is 28.7. The van der Waals surface area contributed by atoms with Gasteiger partial charge < -0.3 is 45.2 Å². The molecule has 152 valence electrons. The Morgan fingerprint density at radius 1 is 1.15 bits per heavy atom. The van der Waals surface area contributed by atoms with E-state index in [1.54, 1.807) is 0 Å². The van der Waals surface area contributed by atoms with Crippen LogP contribution in [0.3, 0.4) is 0 Å². The van der Waals surface area contributed by atoms with Crippen LogP contribution in [0.5, 0.6) is 5.75 Å². The van der Waals surface area contributed by atoms with Gasteiger partial charge in [-0.15, -0.1) is 0 Å². The molecule has 2 amide bonds. The molecule has 7 N–H and O–H groups in total. The maximum atomic E-state index is 11.2. The van der Waals surface area contributed by atoms with Crippen molar-refractivity contribution in [3.8, 4) is 5.75 Å². The van der Waals surface area contributed by atoms with Gasteiger partial charge in [0.15, 0.2) is 0 Å². The highest BCUT2D eigenvalue weighted by atomic mass is 31.2. The molecule has 1 heterocycles. The van der Waals surface area contributed by atoms with E-state index in [1.165, 1.54) is 31.3 Å². The van der Waals surface area contributed by atoms with E-state index in [0.717, 1.165) is 0 Å². The number of carbonyl (C=O) groups is 1. The summed E-state index contributed by atoms with van der Waals surface area (Å²) in [6.45, 7) is -0.732. The number of urea groups is 1. The van der Waals surface area contributed by atoms with Crippen molar-refractivity contribution in [1.82, 2.24) is 5.32 Å². The lowest BCUT2D eigenvalue weighted by Crippen LogP contribution is -2.60. The summed E-state index contributed by atoms with van der Waals surface area (Å²) in [5.41, 5.74) is 0.468. The molecule has 1 aliphatic rings. The van der Waals surface area contributed by atoms with Crippen molar-refractivity contribution < 1.29 is 48.5 Å². The average Bonchev–Trinajstić information content (AvgIpc) is 2.61. The largest absolute Gasteiger partial charge is 0.469 e. The summed E-state index contributed by atoms with van der Waals surface area (Å²) in [5.74, 6) is 0.208. The molecule has 0 spiro atoms. The Balaban J connectivity index is 2.03. The standard InChI is InChI=1S/C14H21N2O10P/c1-15-14(20)16-7-2-4-8(5-3-7)25-13-12(19)11(18)10(17)9(26-13)6-24-27(21,22)23/h2-5,9-13,17-19H,6H2,1H3,(H2,15,16,20)(H2,21,22,23)/t9-,10-,11+,12+,13+/m1/s1. The van der Waals surface area contributed by atoms with Crippen LogP contribution in [0.2, 0.25) is 0 Å². The van der Waals surface area contributed by atoms with Crippen LogP contribution >= 0.6 is 7.82 Å². The lowest BCUT2D eigenvalue weighted by molar-refractivity contribution is -0.276. The molecule has 1 aromatic carbocycles. The molecule has 1 aromatic rings. The van der Waals surface area contributed by atoms with Crippen molar-refractivity contribution in [3.05, 3.63) is 24.3 Å². The van der Waals surface area contributed by atoms with Crippen LogP contribution in [0.4, 0.5) is 10.5 Å². The zero-order valence-electron chi connectivity index (χ0n) is 14.1. The van der Waals surface area contributed by atoms with Gasteiger partial charge in [-0.1, -0.05) is 0 Å². The van der Waals surface area contributed by atoms with Crippen LogP contribution in [-0.2, 0) is 13.8 Å². The summed E-state index contributed by atoms with van der Waals surface area (Å²) in [6.07, 6.45) is -7.76. The zero-order chi connectivity index (χ0) is 20.2. The molecule has 0 aliphatic carbocycles. The van der Waals surface area contributed by atoms with Gasteiger partial charge in [-0.2, -0.15) is 0 Å². The van der Waals surface area contributed by atoms with Crippen LogP contribution in [0.15, 0.2) is 24.3 Å². The molecule has 1 fully saturated rings. The van der Waals surface area contributed by atoms with Gasteiger partial charge in [-0.25, -0.2) is 9.36 Å². The predicted molar refractivity (Wildman–Crippen MR) is 89.8 cm³/mol. The van der Waals surface area contributed by atoms with E-state index in [1.807, 2.05) is 0 Å². The fourth-order valence-electron chi connectivity index (χ4n) is 2.27. The molecular weight excluding hydrogens is 387 g/mol. The van der Waals surface area contributed by atoms with E-state index in [2.05, 4.69) is 15.2 Å². The molecule has 0 saturated carbocycles. The first-order valence-corrected chi connectivity index (χ1v) is 9.29. The number of phosphoric acid groups is 1. The van der Waals surface area contributed by atoms with Gasteiger partial charge in [0.1, 0.15) is 30.2 Å². The van der Waals surface area contributed by atoms with E-state index < -0.39 is 51.2 Å². The second kappa shape index (κ2) is 8.95. The summed E-state index contributed by atoms with van der Waals surface area (Å²) in [6, 6.07) is 5.53. The number of ether oxygens (including phenoxy) is 2. The number of amides is 2. The third-order valence-electron chi connectivity index (χ3n) is 3.67. The monoisotopic (exact) mass is 408 g/mol. The lowest BCUT2D eigenvalue weighted by Gasteiger charge is -2.40. The highest BCUT2D eigenvalue weighted by molar-refractivity contribution is 7.46. The summed E-state index contributed by atoms with van der Waals surface area (Å²) >= 11 is 0. The van der Waals surface area contributed by atoms with Crippen molar-refractivity contribution in [3.63, 3.8) is 0 Å². The first-order chi connectivity index (χ1) is 12.6. The molecular formula is C14H21N2O10P. The third-order valence-corrected chi connectivity index (χ3v) is 4.15. The zero-order valence-corrected chi connectivity index (χ0v) is 15.0. The molecule has 2 rings (SSSR count). The van der Waals surface area contributed by atoms with Gasteiger partial charge >= 0.3 is 13.9 Å². The minimum atomic E-state index is -4.82. The minimum Gasteiger partial charge on any atom is -0.462 e. The second-order valence-corrected chi connectivity index (χ2v) is 6.89. The van der Waals surface area contributed by atoms with Gasteiger partial charge in [0.2, 0.25) is 6.29 Å². The maximum Gasteiger partial charge on any atom is 0.469 e. The molecule has 0 bridgehead atoms. The Morgan fingerprint density at radius 2 is 1.78 bits per heavy atom. The van der Waals surface area contributed by atoms with Gasteiger partial charge in [0.25, 0.3) is 0 Å². The number of nitrogens with one attached hydrogen (secondary N) is 2. The van der Waals surface area contributed by atoms with Gasteiger partial charge in [0, 0.05) is 12.7 Å². The smallest absolute Gasteiger partial charge is 0.462 e. The first-order valence-electron chi connectivity index (χ1n) is 7.76. The first kappa shape index (κ1) is 21.5. The van der Waals surface area contributed by atoms with E-state index in [-0.39, 0.29) is 5.75 Å². The van der Waals surface area contributed by atoms with E-state index in [0.29, 0.717) is 5.69 Å². The van der Waals surface area contributed by atoms with Crippen molar-refractivity contribution in [1.29, 1.82) is 0 Å². The highest BCUT2D eigenvalue weighted by Gasteiger charge is 2.45. The fourth-order valence-corrected chi connectivity index (χ4v) is 2.61. The van der Waals surface area contributed by atoms with Crippen molar-refractivity contribution in [2.45, 2.75) is 30.7 Å². The number of anilines is 1. The predicted octanol–water partition coefficient (Wildman–Crippen LogP) is -1.27. The number of rotatable bonds is 6. The van der Waals surface area contributed by atoms with Crippen molar-refractivity contribution >= 4 is 19.5 Å². The fraction of sp³-hybridized carbons (Fsp3) is 0.500. The Hall–Kier alpha value is -1.76. The summed E-state index contributed by atoms with van der Waals surface area (Å²) < 4.78 is 25.7. The van der Waals surface area contributed by atoms with Crippen LogP contribution in [0.25, 0.3) is 0 Å². The Morgan fingerprint density at radius 3 is 2.33 bits per heavy atom. The Labute approximate surface area is 153 Å². The Bertz CT molecular complexity index is 681. The SMILES string of the molecule is CNC(=O)Nc1ccc(O[C@H]2O[C@H](COP(=O)(O)O)[C@@H](O)[C@H](O)[C@@H]2O)cc1. The van der Waals surface area contributed by atoms with Gasteiger partial charge in [0.05, 0.1) is 6.61 Å². The number of benzene rings is 1. The van der Waals surface area contributed by atoms with Crippen LogP contribution in [-0.4, -0.2) is 75.5 Å². The van der Waals surface area contributed by atoms with Crippen molar-refractivity contribution in [2.24, 2.45) is 0 Å². The van der Waals surface area contributed by atoms with E-state index in [9.17, 15) is 24.7 Å². The summed E-state index contributed by atoms with van der Waals surface area (Å²) in [5, 5.41) is 34.7. The van der Waals surface area contributed by atoms with Crippen LogP contribution in [0.1, 0.15) is 0 Å². The normalized spacial score (nSPS) is 28.4. The molecule has 0 unspecified atom stereocenters. The molecule has 5 atom stereocenters. The highest BCUT2D eigenvalue weighted by Crippen LogP contribution is 2.37. The number of hydrogen-bond donors (Lipinski definition) is 7. The van der Waals surface area contributed by atoms with E-state index in [4.69, 9.17) is 19.3 Å². The summed E-state index contributed by atoms with van der Waals surface area (Å²) in [7, 11) is -3.36. The molecule has 13 heteroatoms. The molecule has 1 aliphatic heterocycles. The van der Waals surface area contributed by atoms with E-state index >= 15 is 0 Å². The molecule has 0 radical (unpaired) electrons. The number of carbonyl (C=O) groups excluding carboxylic acids is 1. The van der Waals surface area contributed by atoms with Crippen molar-refractivity contribution in [2.75, 3.05) is 19.0 Å². The number of aliphatic hydroxyl groups is 3. The average molecular weight is 408 g/mol. The Kier molecular flexibility index (Phi) is 7.14. The third kappa shape index (κ3) is 6.13. The maximum absolute atomic E-state index is 11.2. The van der Waals surface area contributed by atoms with Crippen LogP contribution < -0.4 is 15.4 Å². The number of hydrogen-bond acceptors (Lipinski definition) is 8. The molecule has 27 heavy (non-hydrogen) atoms. The second-order valence-electron chi connectivity index (χ2n) is 5.65. The van der Waals surface area contributed by atoms with Gasteiger partial charge in [-0.3, -0.25) is 4.52 Å². The lowest BCUT2D eigenvalue weighted by atomic mass is 9.99. The topological polar surface area (TPSA) is 187 Å². The molecule has 12 nitrogen and oxygen atoms in total. The number of phosphoric ester groups is 1. The molecule has 1 saturated heterocycles. The van der Waals surface area contributed by atoms with Gasteiger partial charge in [-0.05, 0) is 24.3 Å². The quantitative estimate of drug-likeness (QED) is 0.280. The minimum absolute atomic E-state index is 0.208. The van der Waals surface area contributed by atoms with Crippen LogP contribution in [0, 0.1) is 0 Å².